The van der Waals surface area contributed by atoms with Crippen LogP contribution in [0.5, 0.6) is 0 Å². The summed E-state index contributed by atoms with van der Waals surface area (Å²) in [6.07, 6.45) is 4.37. The van der Waals surface area contributed by atoms with Gasteiger partial charge in [-0.2, -0.15) is 0 Å². The third-order valence-electron chi connectivity index (χ3n) is 3.06. The minimum Gasteiger partial charge on any atom is -0.373 e. The number of aromatic nitrogens is 2. The smallest absolute Gasteiger partial charge is 0.131 e. The maximum atomic E-state index is 9.84. The van der Waals surface area contributed by atoms with Crippen LogP contribution < -0.4 is 0 Å². The van der Waals surface area contributed by atoms with Crippen molar-refractivity contribution in [1.82, 2.24) is 9.55 Å². The topological polar surface area (TPSA) is 38.1 Å². The average molecular weight is 214 g/mol. The average Bonchev–Trinajstić information content (AvgIpc) is 2.76. The molecule has 0 amide bonds. The third-order valence-corrected chi connectivity index (χ3v) is 3.06. The first-order chi connectivity index (χ1) is 7.84. The van der Waals surface area contributed by atoms with Gasteiger partial charge < -0.3 is 9.67 Å². The van der Waals surface area contributed by atoms with E-state index in [1.807, 2.05) is 41.1 Å². The predicted molar refractivity (Wildman–Crippen MR) is 61.9 cm³/mol. The zero-order chi connectivity index (χ0) is 11.0. The first kappa shape index (κ1) is 9.60. The highest BCUT2D eigenvalue weighted by atomic mass is 16.3. The van der Waals surface area contributed by atoms with Crippen molar-refractivity contribution in [2.24, 2.45) is 0 Å². The molecule has 1 aromatic heterocycles. The molecule has 1 aliphatic heterocycles. The van der Waals surface area contributed by atoms with E-state index in [9.17, 15) is 5.11 Å². The van der Waals surface area contributed by atoms with E-state index in [4.69, 9.17) is 0 Å². The molecular formula is C13H14N2O. The standard InChI is InChI=1S/C13H14N2O/c16-13-8-4-7-12-14-11(9-15(12)13)10-5-2-1-3-6-10/h1-3,5-6,9,13,16H,4,7-8H2. The van der Waals surface area contributed by atoms with Crippen molar-refractivity contribution in [1.29, 1.82) is 0 Å². The second-order valence-electron chi connectivity index (χ2n) is 4.19. The fraction of sp³-hybridized carbons (Fsp3) is 0.308. The number of rotatable bonds is 1. The molecule has 2 aromatic rings. The molecule has 3 nitrogen and oxygen atoms in total. The van der Waals surface area contributed by atoms with Gasteiger partial charge in [-0.3, -0.25) is 0 Å². The van der Waals surface area contributed by atoms with Crippen LogP contribution in [0.3, 0.4) is 0 Å². The number of aliphatic hydroxyl groups is 1. The molecule has 0 spiro atoms. The normalized spacial score (nSPS) is 19.4. The Morgan fingerprint density at radius 1 is 1.25 bits per heavy atom. The van der Waals surface area contributed by atoms with Crippen molar-refractivity contribution >= 4 is 0 Å². The van der Waals surface area contributed by atoms with Crippen molar-refractivity contribution in [3.8, 4) is 11.3 Å². The molecule has 2 heterocycles. The molecule has 0 saturated heterocycles. The zero-order valence-electron chi connectivity index (χ0n) is 9.00. The lowest BCUT2D eigenvalue weighted by Gasteiger charge is -2.19. The van der Waals surface area contributed by atoms with Gasteiger partial charge in [0.15, 0.2) is 0 Å². The molecule has 3 rings (SSSR count). The summed E-state index contributed by atoms with van der Waals surface area (Å²) < 4.78 is 1.89. The van der Waals surface area contributed by atoms with Gasteiger partial charge in [0.2, 0.25) is 0 Å². The van der Waals surface area contributed by atoms with Gasteiger partial charge in [0, 0.05) is 18.2 Å². The Hall–Kier alpha value is -1.61. The van der Waals surface area contributed by atoms with Gasteiger partial charge in [0.05, 0.1) is 5.69 Å². The van der Waals surface area contributed by atoms with Crippen LogP contribution in [-0.4, -0.2) is 14.7 Å². The lowest BCUT2D eigenvalue weighted by atomic mass is 10.1. The van der Waals surface area contributed by atoms with Crippen LogP contribution in [0.1, 0.15) is 24.9 Å². The molecule has 3 heteroatoms. The number of hydrogen-bond donors (Lipinski definition) is 1. The monoisotopic (exact) mass is 214 g/mol. The van der Waals surface area contributed by atoms with Gasteiger partial charge in [0.25, 0.3) is 0 Å². The molecule has 1 aliphatic rings. The van der Waals surface area contributed by atoms with Crippen LogP contribution in [-0.2, 0) is 6.42 Å². The van der Waals surface area contributed by atoms with Gasteiger partial charge in [0.1, 0.15) is 12.1 Å². The SMILES string of the molecule is OC1CCCc2nc(-c3ccccc3)cn21. The minimum absolute atomic E-state index is 0.395. The molecule has 16 heavy (non-hydrogen) atoms. The van der Waals surface area contributed by atoms with Crippen LogP contribution in [0.25, 0.3) is 11.3 Å². The van der Waals surface area contributed by atoms with Crippen molar-refractivity contribution in [2.45, 2.75) is 25.5 Å². The summed E-state index contributed by atoms with van der Waals surface area (Å²) in [6, 6.07) is 10.1. The molecule has 0 radical (unpaired) electrons. The van der Waals surface area contributed by atoms with Crippen molar-refractivity contribution in [3.63, 3.8) is 0 Å². The molecule has 1 N–H and O–H groups in total. The van der Waals surface area contributed by atoms with Crippen LogP contribution >= 0.6 is 0 Å². The largest absolute Gasteiger partial charge is 0.373 e. The molecule has 0 saturated carbocycles. The van der Waals surface area contributed by atoms with E-state index in [0.717, 1.165) is 36.3 Å². The molecular weight excluding hydrogens is 200 g/mol. The Morgan fingerprint density at radius 2 is 2.06 bits per heavy atom. The molecule has 0 fully saturated rings. The number of benzene rings is 1. The van der Waals surface area contributed by atoms with E-state index in [0.29, 0.717) is 0 Å². The molecule has 0 aliphatic carbocycles. The zero-order valence-corrected chi connectivity index (χ0v) is 9.00. The van der Waals surface area contributed by atoms with Crippen LogP contribution in [0.15, 0.2) is 36.5 Å². The Balaban J connectivity index is 2.05. The summed E-state index contributed by atoms with van der Waals surface area (Å²) in [7, 11) is 0. The number of hydrogen-bond acceptors (Lipinski definition) is 2. The maximum absolute atomic E-state index is 9.84. The quantitative estimate of drug-likeness (QED) is 0.791. The fourth-order valence-corrected chi connectivity index (χ4v) is 2.20. The summed E-state index contributed by atoms with van der Waals surface area (Å²) in [5.74, 6) is 0.998. The molecule has 82 valence electrons. The molecule has 0 bridgehead atoms. The molecule has 1 unspecified atom stereocenters. The lowest BCUT2D eigenvalue weighted by Crippen LogP contribution is -2.16. The van der Waals surface area contributed by atoms with E-state index < -0.39 is 6.23 Å². The van der Waals surface area contributed by atoms with Crippen LogP contribution in [0.2, 0.25) is 0 Å². The first-order valence-corrected chi connectivity index (χ1v) is 5.66. The van der Waals surface area contributed by atoms with Gasteiger partial charge in [-0.05, 0) is 12.8 Å². The molecule has 1 aromatic carbocycles. The Bertz CT molecular complexity index is 490. The van der Waals surface area contributed by atoms with Gasteiger partial charge in [-0.1, -0.05) is 30.3 Å². The lowest BCUT2D eigenvalue weighted by molar-refractivity contribution is 0.0781. The predicted octanol–water partition coefficient (Wildman–Crippen LogP) is 2.38. The number of imidazole rings is 1. The van der Waals surface area contributed by atoms with Crippen LogP contribution in [0, 0.1) is 0 Å². The second kappa shape index (κ2) is 3.76. The van der Waals surface area contributed by atoms with E-state index in [2.05, 4.69) is 4.98 Å². The second-order valence-corrected chi connectivity index (χ2v) is 4.19. The van der Waals surface area contributed by atoms with E-state index in [1.165, 1.54) is 0 Å². The Kier molecular flexibility index (Phi) is 2.26. The van der Waals surface area contributed by atoms with Gasteiger partial charge in [-0.25, -0.2) is 4.98 Å². The Labute approximate surface area is 94.4 Å². The summed E-state index contributed by atoms with van der Waals surface area (Å²) in [5, 5.41) is 9.84. The maximum Gasteiger partial charge on any atom is 0.131 e. The minimum atomic E-state index is -0.395. The number of aryl methyl sites for hydroxylation is 1. The Morgan fingerprint density at radius 3 is 2.81 bits per heavy atom. The highest BCUT2D eigenvalue weighted by molar-refractivity contribution is 5.58. The highest BCUT2D eigenvalue weighted by Gasteiger charge is 2.19. The number of aliphatic hydroxyl groups excluding tert-OH is 1. The molecule has 1 atom stereocenters. The number of fused-ring (bicyclic) bond motifs is 1. The van der Waals surface area contributed by atoms with Gasteiger partial charge >= 0.3 is 0 Å². The summed E-state index contributed by atoms with van der Waals surface area (Å²) in [5.41, 5.74) is 2.06. The van der Waals surface area contributed by atoms with Crippen molar-refractivity contribution in [3.05, 3.63) is 42.4 Å². The summed E-state index contributed by atoms with van der Waals surface area (Å²) in [6.45, 7) is 0. The van der Waals surface area contributed by atoms with Crippen molar-refractivity contribution in [2.75, 3.05) is 0 Å². The highest BCUT2D eigenvalue weighted by Crippen LogP contribution is 2.26. The van der Waals surface area contributed by atoms with E-state index in [-0.39, 0.29) is 0 Å². The van der Waals surface area contributed by atoms with Crippen molar-refractivity contribution < 1.29 is 5.11 Å². The van der Waals surface area contributed by atoms with Gasteiger partial charge in [-0.15, -0.1) is 0 Å². The fourth-order valence-electron chi connectivity index (χ4n) is 2.20. The summed E-state index contributed by atoms with van der Waals surface area (Å²) >= 11 is 0. The van der Waals surface area contributed by atoms with E-state index >= 15 is 0 Å². The van der Waals surface area contributed by atoms with Crippen LogP contribution in [0.4, 0.5) is 0 Å². The number of nitrogens with zero attached hydrogens (tertiary/aromatic N) is 2. The van der Waals surface area contributed by atoms with E-state index in [1.54, 1.807) is 0 Å². The summed E-state index contributed by atoms with van der Waals surface area (Å²) in [4.78, 5) is 4.57. The first-order valence-electron chi connectivity index (χ1n) is 5.66. The third kappa shape index (κ3) is 1.53.